The van der Waals surface area contributed by atoms with Crippen molar-refractivity contribution >= 4 is 44.4 Å². The number of fused-ring (bicyclic) bond motifs is 2. The second-order valence-electron chi connectivity index (χ2n) is 8.28. The van der Waals surface area contributed by atoms with Crippen LogP contribution in [0.2, 0.25) is 0 Å². The molecule has 5 heterocycles. The predicted molar refractivity (Wildman–Crippen MR) is 127 cm³/mol. The van der Waals surface area contributed by atoms with Crippen LogP contribution in [0.15, 0.2) is 47.3 Å². The van der Waals surface area contributed by atoms with Gasteiger partial charge in [0.1, 0.15) is 11.3 Å². The average molecular weight is 460 g/mol. The summed E-state index contributed by atoms with van der Waals surface area (Å²) >= 11 is 1.34. The van der Waals surface area contributed by atoms with E-state index in [1.165, 1.54) is 11.5 Å². The molecule has 9 nitrogen and oxygen atoms in total. The topological polar surface area (TPSA) is 116 Å². The predicted octanol–water partition coefficient (Wildman–Crippen LogP) is 4.13. The first-order chi connectivity index (χ1) is 16.1. The molecular weight excluding hydrogens is 438 g/mol. The van der Waals surface area contributed by atoms with E-state index in [1.807, 2.05) is 46.2 Å². The van der Waals surface area contributed by atoms with Gasteiger partial charge in [-0.1, -0.05) is 10.6 Å². The van der Waals surface area contributed by atoms with E-state index in [4.69, 9.17) is 10.2 Å². The van der Waals surface area contributed by atoms with Crippen molar-refractivity contribution in [2.75, 3.05) is 18.8 Å². The van der Waals surface area contributed by atoms with Crippen molar-refractivity contribution in [3.8, 4) is 22.5 Å². The van der Waals surface area contributed by atoms with Crippen LogP contribution in [0.5, 0.6) is 0 Å². The number of hydrogen-bond donors (Lipinski definition) is 1. The number of benzene rings is 1. The second-order valence-corrected chi connectivity index (χ2v) is 9.04. The number of rotatable bonds is 3. The molecule has 2 N–H and O–H groups in total. The Kier molecular flexibility index (Phi) is 4.61. The number of furan rings is 1. The number of carbonyl (C=O) groups is 1. The number of amides is 1. The number of likely N-dealkylation sites (tertiary alicyclic amines) is 1. The van der Waals surface area contributed by atoms with Gasteiger partial charge in [0.15, 0.2) is 11.4 Å². The molecule has 1 amide bonds. The standard InChI is InChI=1S/C23H21N7O2S/c1-13(31)29-7-5-15(6-8-29)30-12-14(10-26-30)18-11-25-23(24)21-17(18)9-20(32-21)16-3-2-4-19-22(16)33-28-27-19/h2-4,9-12,15H,5-8H2,1H3,(H2,24,25). The first-order valence-electron chi connectivity index (χ1n) is 10.8. The molecule has 33 heavy (non-hydrogen) atoms. The molecule has 10 heteroatoms. The third-order valence-electron chi connectivity index (χ3n) is 6.32. The van der Waals surface area contributed by atoms with Gasteiger partial charge in [-0.15, -0.1) is 5.10 Å². The Morgan fingerprint density at radius 2 is 2.06 bits per heavy atom. The molecule has 4 aromatic heterocycles. The highest BCUT2D eigenvalue weighted by Crippen LogP contribution is 2.39. The Bertz CT molecular complexity index is 1490. The number of pyridine rings is 1. The fourth-order valence-electron chi connectivity index (χ4n) is 4.53. The van der Waals surface area contributed by atoms with Crippen LogP contribution < -0.4 is 5.73 Å². The van der Waals surface area contributed by atoms with E-state index >= 15 is 0 Å². The van der Waals surface area contributed by atoms with Gasteiger partial charge < -0.3 is 15.1 Å². The van der Waals surface area contributed by atoms with Crippen LogP contribution in [0.1, 0.15) is 25.8 Å². The molecule has 1 aromatic carbocycles. The minimum atomic E-state index is 0.130. The zero-order valence-electron chi connectivity index (χ0n) is 17.9. The number of carbonyl (C=O) groups excluding carboxylic acids is 1. The molecule has 1 aliphatic rings. The van der Waals surface area contributed by atoms with Gasteiger partial charge in [-0.3, -0.25) is 9.48 Å². The summed E-state index contributed by atoms with van der Waals surface area (Å²) in [6, 6.07) is 8.13. The molecule has 1 saturated heterocycles. The van der Waals surface area contributed by atoms with E-state index in [9.17, 15) is 4.79 Å². The minimum Gasteiger partial charge on any atom is -0.452 e. The minimum absolute atomic E-state index is 0.130. The third-order valence-corrected chi connectivity index (χ3v) is 7.10. The van der Waals surface area contributed by atoms with Crippen LogP contribution in [0.4, 0.5) is 5.82 Å². The Balaban J connectivity index is 1.38. The number of piperidine rings is 1. The van der Waals surface area contributed by atoms with Crippen molar-refractivity contribution in [1.82, 2.24) is 29.3 Å². The van der Waals surface area contributed by atoms with E-state index in [1.54, 1.807) is 13.1 Å². The summed E-state index contributed by atoms with van der Waals surface area (Å²) < 4.78 is 13.2. The fraction of sp³-hybridized carbons (Fsp3) is 0.261. The summed E-state index contributed by atoms with van der Waals surface area (Å²) in [6.07, 6.45) is 7.44. The van der Waals surface area contributed by atoms with Crippen LogP contribution >= 0.6 is 11.5 Å². The van der Waals surface area contributed by atoms with Crippen molar-refractivity contribution in [2.24, 2.45) is 0 Å². The van der Waals surface area contributed by atoms with E-state index in [2.05, 4.69) is 19.7 Å². The number of nitrogens with two attached hydrogens (primary N) is 1. The number of aromatic nitrogens is 5. The number of nitrogens with zero attached hydrogens (tertiary/aromatic N) is 6. The second kappa shape index (κ2) is 7.66. The Hall–Kier alpha value is -3.79. The lowest BCUT2D eigenvalue weighted by atomic mass is 10.0. The molecular formula is C23H21N7O2S. The molecule has 0 saturated carbocycles. The summed E-state index contributed by atoms with van der Waals surface area (Å²) in [6.45, 7) is 3.13. The van der Waals surface area contributed by atoms with Crippen molar-refractivity contribution < 1.29 is 9.21 Å². The first kappa shape index (κ1) is 19.9. The summed E-state index contributed by atoms with van der Waals surface area (Å²) in [4.78, 5) is 17.9. The van der Waals surface area contributed by atoms with Gasteiger partial charge in [0, 0.05) is 54.5 Å². The smallest absolute Gasteiger partial charge is 0.219 e. The molecule has 0 atom stereocenters. The van der Waals surface area contributed by atoms with Gasteiger partial charge in [0.25, 0.3) is 0 Å². The largest absolute Gasteiger partial charge is 0.452 e. The molecule has 0 spiro atoms. The van der Waals surface area contributed by atoms with E-state index in [0.29, 0.717) is 17.2 Å². The molecule has 0 radical (unpaired) electrons. The van der Waals surface area contributed by atoms with Crippen molar-refractivity contribution in [3.05, 3.63) is 42.9 Å². The van der Waals surface area contributed by atoms with Gasteiger partial charge in [-0.05, 0) is 42.6 Å². The maximum Gasteiger partial charge on any atom is 0.219 e. The lowest BCUT2D eigenvalue weighted by molar-refractivity contribution is -0.130. The fourth-order valence-corrected chi connectivity index (χ4v) is 5.21. The normalized spacial score (nSPS) is 15.0. The van der Waals surface area contributed by atoms with Crippen LogP contribution in [-0.4, -0.2) is 48.2 Å². The summed E-state index contributed by atoms with van der Waals surface area (Å²) in [5.41, 5.74) is 10.3. The van der Waals surface area contributed by atoms with E-state index in [-0.39, 0.29) is 11.9 Å². The molecule has 1 aliphatic heterocycles. The third kappa shape index (κ3) is 3.34. The maximum atomic E-state index is 11.6. The quantitative estimate of drug-likeness (QED) is 0.431. The number of hydrogen-bond acceptors (Lipinski definition) is 8. The van der Waals surface area contributed by atoms with Crippen LogP contribution in [0, 0.1) is 0 Å². The molecule has 6 rings (SSSR count). The van der Waals surface area contributed by atoms with Crippen LogP contribution in [0.3, 0.4) is 0 Å². The first-order valence-corrected chi connectivity index (χ1v) is 11.6. The monoisotopic (exact) mass is 459 g/mol. The molecule has 5 aromatic rings. The summed E-state index contributed by atoms with van der Waals surface area (Å²) in [5.74, 6) is 1.18. The molecule has 0 unspecified atom stereocenters. The Labute approximate surface area is 193 Å². The summed E-state index contributed by atoms with van der Waals surface area (Å²) in [7, 11) is 0. The van der Waals surface area contributed by atoms with Crippen LogP contribution in [0.25, 0.3) is 43.6 Å². The molecule has 166 valence electrons. The summed E-state index contributed by atoms with van der Waals surface area (Å²) in [5, 5.41) is 9.67. The van der Waals surface area contributed by atoms with E-state index < -0.39 is 0 Å². The van der Waals surface area contributed by atoms with Crippen molar-refractivity contribution in [2.45, 2.75) is 25.8 Å². The van der Waals surface area contributed by atoms with Crippen molar-refractivity contribution in [3.63, 3.8) is 0 Å². The van der Waals surface area contributed by atoms with Crippen LogP contribution in [-0.2, 0) is 4.79 Å². The lowest BCUT2D eigenvalue weighted by Crippen LogP contribution is -2.37. The molecule has 0 bridgehead atoms. The Morgan fingerprint density at radius 1 is 1.21 bits per heavy atom. The highest BCUT2D eigenvalue weighted by Gasteiger charge is 2.23. The maximum absolute atomic E-state index is 11.6. The zero-order valence-corrected chi connectivity index (χ0v) is 18.7. The van der Waals surface area contributed by atoms with Gasteiger partial charge in [0.05, 0.1) is 16.9 Å². The van der Waals surface area contributed by atoms with Crippen molar-refractivity contribution in [1.29, 1.82) is 0 Å². The molecule has 1 fully saturated rings. The SMILES string of the molecule is CC(=O)N1CCC(n2cc(-c3cnc(N)c4oc(-c5cccc6nnsc56)cc34)cn2)CC1. The lowest BCUT2D eigenvalue weighted by Gasteiger charge is -2.31. The zero-order chi connectivity index (χ0) is 22.5. The van der Waals surface area contributed by atoms with Gasteiger partial charge in [-0.2, -0.15) is 5.10 Å². The number of anilines is 1. The highest BCUT2D eigenvalue weighted by molar-refractivity contribution is 7.13. The highest BCUT2D eigenvalue weighted by atomic mass is 32.1. The van der Waals surface area contributed by atoms with Gasteiger partial charge in [0.2, 0.25) is 5.91 Å². The number of nitrogen functional groups attached to an aromatic ring is 1. The average Bonchev–Trinajstić information content (AvgIpc) is 3.58. The van der Waals surface area contributed by atoms with Gasteiger partial charge >= 0.3 is 0 Å². The van der Waals surface area contributed by atoms with E-state index in [0.717, 1.165) is 58.2 Å². The Morgan fingerprint density at radius 3 is 2.88 bits per heavy atom. The van der Waals surface area contributed by atoms with Gasteiger partial charge in [-0.25, -0.2) is 4.98 Å². The molecule has 0 aliphatic carbocycles.